The van der Waals surface area contributed by atoms with Crippen molar-refractivity contribution in [3.8, 4) is 0 Å². The van der Waals surface area contributed by atoms with Crippen LogP contribution in [0.4, 0.5) is 18.9 Å². The molecule has 1 heterocycles. The number of carbonyl (C=O) groups is 1. The monoisotopic (exact) mass is 394 g/mol. The molecular formula is C15H11Cl2F3N2OS. The number of aromatic nitrogens is 1. The second-order valence-corrected chi connectivity index (χ2v) is 6.64. The van der Waals surface area contributed by atoms with E-state index in [4.69, 9.17) is 23.2 Å². The maximum Gasteiger partial charge on any atom is 0.417 e. The van der Waals surface area contributed by atoms with Gasteiger partial charge in [0.1, 0.15) is 5.03 Å². The SMILES string of the molecule is CCSc1nccc(C(F)(F)F)c1C(=O)Nc1ccc(Cl)cc1Cl. The maximum absolute atomic E-state index is 13.2. The third-order valence-corrected chi connectivity index (χ3v) is 4.33. The van der Waals surface area contributed by atoms with Crippen LogP contribution in [0.2, 0.25) is 10.0 Å². The van der Waals surface area contributed by atoms with E-state index in [0.29, 0.717) is 10.8 Å². The number of amides is 1. The number of hydrogen-bond acceptors (Lipinski definition) is 3. The molecule has 1 amide bonds. The van der Waals surface area contributed by atoms with Gasteiger partial charge in [-0.05, 0) is 30.0 Å². The van der Waals surface area contributed by atoms with Crippen molar-refractivity contribution in [1.82, 2.24) is 4.98 Å². The van der Waals surface area contributed by atoms with Gasteiger partial charge in [0.25, 0.3) is 5.91 Å². The van der Waals surface area contributed by atoms with Gasteiger partial charge in [-0.3, -0.25) is 4.79 Å². The average molecular weight is 395 g/mol. The predicted molar refractivity (Wildman–Crippen MR) is 90.1 cm³/mol. The summed E-state index contributed by atoms with van der Waals surface area (Å²) in [5.74, 6) is -0.466. The highest BCUT2D eigenvalue weighted by molar-refractivity contribution is 7.99. The lowest BCUT2D eigenvalue weighted by atomic mass is 10.1. The van der Waals surface area contributed by atoms with Gasteiger partial charge in [-0.1, -0.05) is 30.1 Å². The third kappa shape index (κ3) is 4.34. The highest BCUT2D eigenvalue weighted by Gasteiger charge is 2.37. The van der Waals surface area contributed by atoms with E-state index < -0.39 is 23.2 Å². The van der Waals surface area contributed by atoms with Gasteiger partial charge in [0, 0.05) is 11.2 Å². The number of rotatable bonds is 4. The van der Waals surface area contributed by atoms with Crippen LogP contribution in [0.5, 0.6) is 0 Å². The van der Waals surface area contributed by atoms with E-state index in [1.807, 2.05) is 0 Å². The topological polar surface area (TPSA) is 42.0 Å². The maximum atomic E-state index is 13.2. The quantitative estimate of drug-likeness (QED) is 0.669. The number of nitrogens with zero attached hydrogens (tertiary/aromatic N) is 1. The minimum absolute atomic E-state index is 0.00918. The van der Waals surface area contributed by atoms with Gasteiger partial charge in [-0.2, -0.15) is 13.2 Å². The first-order valence-electron chi connectivity index (χ1n) is 6.69. The molecule has 0 fully saturated rings. The normalized spacial score (nSPS) is 11.4. The molecule has 0 saturated heterocycles. The Balaban J connectivity index is 2.47. The van der Waals surface area contributed by atoms with E-state index in [1.165, 1.54) is 18.2 Å². The summed E-state index contributed by atoms with van der Waals surface area (Å²) in [4.78, 5) is 16.3. The zero-order valence-electron chi connectivity index (χ0n) is 12.2. The van der Waals surface area contributed by atoms with Crippen LogP contribution in [0.15, 0.2) is 35.5 Å². The summed E-state index contributed by atoms with van der Waals surface area (Å²) in [5, 5.41) is 2.86. The fraction of sp³-hybridized carbons (Fsp3) is 0.200. The summed E-state index contributed by atoms with van der Waals surface area (Å²) in [5.41, 5.74) is -1.41. The summed E-state index contributed by atoms with van der Waals surface area (Å²) in [7, 11) is 0. The number of hydrogen-bond donors (Lipinski definition) is 1. The second-order valence-electron chi connectivity index (χ2n) is 4.55. The molecule has 1 N–H and O–H groups in total. The van der Waals surface area contributed by atoms with Crippen LogP contribution >= 0.6 is 35.0 Å². The lowest BCUT2D eigenvalue weighted by Crippen LogP contribution is -2.20. The standard InChI is InChI=1S/C15H11Cl2F3N2OS/c1-2-24-14-12(9(5-6-21-14)15(18,19)20)13(23)22-11-4-3-8(16)7-10(11)17/h3-7H,2H2,1H3,(H,22,23). The minimum atomic E-state index is -4.68. The summed E-state index contributed by atoms with van der Waals surface area (Å²) in [6.07, 6.45) is -3.64. The molecule has 0 bridgehead atoms. The number of halogens is 5. The Morgan fingerprint density at radius 3 is 2.58 bits per heavy atom. The van der Waals surface area contributed by atoms with Crippen LogP contribution in [-0.2, 0) is 6.18 Å². The van der Waals surface area contributed by atoms with Gasteiger partial charge in [0.15, 0.2) is 0 Å². The first-order chi connectivity index (χ1) is 11.2. The molecule has 0 aliphatic heterocycles. The summed E-state index contributed by atoms with van der Waals surface area (Å²) >= 11 is 12.8. The molecule has 0 spiro atoms. The number of anilines is 1. The zero-order chi connectivity index (χ0) is 17.9. The number of carbonyl (C=O) groups excluding carboxylic acids is 1. The highest BCUT2D eigenvalue weighted by Crippen LogP contribution is 2.36. The Morgan fingerprint density at radius 2 is 2.00 bits per heavy atom. The van der Waals surface area contributed by atoms with Gasteiger partial charge < -0.3 is 5.32 Å². The largest absolute Gasteiger partial charge is 0.417 e. The highest BCUT2D eigenvalue weighted by atomic mass is 35.5. The Morgan fingerprint density at radius 1 is 1.29 bits per heavy atom. The Kier molecular flexibility index (Phi) is 6.01. The van der Waals surface area contributed by atoms with Crippen molar-refractivity contribution in [2.24, 2.45) is 0 Å². The summed E-state index contributed by atoms with van der Waals surface area (Å²) in [6, 6.07) is 5.05. The molecule has 2 aromatic rings. The van der Waals surface area contributed by atoms with Gasteiger partial charge in [0.05, 0.1) is 21.8 Å². The smallest absolute Gasteiger partial charge is 0.321 e. The van der Waals surface area contributed by atoms with Gasteiger partial charge >= 0.3 is 6.18 Å². The van der Waals surface area contributed by atoms with Crippen molar-refractivity contribution in [2.75, 3.05) is 11.1 Å². The van der Waals surface area contributed by atoms with Gasteiger partial charge in [-0.25, -0.2) is 4.98 Å². The molecular weight excluding hydrogens is 384 g/mol. The Hall–Kier alpha value is -1.44. The van der Waals surface area contributed by atoms with Crippen molar-refractivity contribution in [2.45, 2.75) is 18.1 Å². The molecule has 128 valence electrons. The molecule has 2 rings (SSSR count). The van der Waals surface area contributed by atoms with E-state index in [1.54, 1.807) is 6.92 Å². The lowest BCUT2D eigenvalue weighted by molar-refractivity contribution is -0.138. The molecule has 1 aromatic carbocycles. The lowest BCUT2D eigenvalue weighted by Gasteiger charge is -2.16. The van der Waals surface area contributed by atoms with E-state index in [-0.39, 0.29) is 15.7 Å². The Bertz CT molecular complexity index is 769. The predicted octanol–water partition coefficient (Wildman–Crippen LogP) is 5.77. The van der Waals surface area contributed by atoms with E-state index in [0.717, 1.165) is 24.0 Å². The van der Waals surface area contributed by atoms with Gasteiger partial charge in [0.2, 0.25) is 0 Å². The third-order valence-electron chi connectivity index (χ3n) is 2.91. The van der Waals surface area contributed by atoms with Gasteiger partial charge in [-0.15, -0.1) is 11.8 Å². The number of thioether (sulfide) groups is 1. The number of pyridine rings is 1. The van der Waals surface area contributed by atoms with Crippen LogP contribution in [0.1, 0.15) is 22.8 Å². The first-order valence-corrected chi connectivity index (χ1v) is 8.43. The van der Waals surface area contributed by atoms with Crippen LogP contribution in [0.3, 0.4) is 0 Å². The molecule has 3 nitrogen and oxygen atoms in total. The molecule has 0 atom stereocenters. The number of nitrogens with one attached hydrogen (secondary N) is 1. The zero-order valence-corrected chi connectivity index (χ0v) is 14.6. The minimum Gasteiger partial charge on any atom is -0.321 e. The summed E-state index contributed by atoms with van der Waals surface area (Å²) in [6.45, 7) is 1.75. The number of benzene rings is 1. The van der Waals surface area contributed by atoms with Crippen molar-refractivity contribution in [3.05, 3.63) is 51.6 Å². The van der Waals surface area contributed by atoms with Crippen molar-refractivity contribution < 1.29 is 18.0 Å². The van der Waals surface area contributed by atoms with Crippen LogP contribution in [0.25, 0.3) is 0 Å². The average Bonchev–Trinajstić information content (AvgIpc) is 2.49. The molecule has 0 radical (unpaired) electrons. The van der Waals surface area contributed by atoms with Crippen molar-refractivity contribution in [3.63, 3.8) is 0 Å². The first kappa shape index (κ1) is 18.9. The van der Waals surface area contributed by atoms with E-state index >= 15 is 0 Å². The van der Waals surface area contributed by atoms with E-state index in [9.17, 15) is 18.0 Å². The van der Waals surface area contributed by atoms with Crippen LogP contribution in [0, 0.1) is 0 Å². The molecule has 0 aliphatic rings. The second kappa shape index (κ2) is 7.63. The molecule has 24 heavy (non-hydrogen) atoms. The van der Waals surface area contributed by atoms with Crippen molar-refractivity contribution >= 4 is 46.6 Å². The van der Waals surface area contributed by atoms with E-state index in [2.05, 4.69) is 10.3 Å². The Labute approximate surface area is 150 Å². The fourth-order valence-corrected chi connectivity index (χ4v) is 3.13. The molecule has 0 saturated carbocycles. The molecule has 1 aromatic heterocycles. The van der Waals surface area contributed by atoms with Crippen LogP contribution in [-0.4, -0.2) is 16.6 Å². The molecule has 9 heteroatoms. The molecule has 0 unspecified atom stereocenters. The fourth-order valence-electron chi connectivity index (χ4n) is 1.92. The van der Waals surface area contributed by atoms with Crippen molar-refractivity contribution in [1.29, 1.82) is 0 Å². The number of alkyl halides is 3. The molecule has 0 aliphatic carbocycles. The summed E-state index contributed by atoms with van der Waals surface area (Å²) < 4.78 is 39.7. The van der Waals surface area contributed by atoms with Crippen LogP contribution < -0.4 is 5.32 Å².